The Balaban J connectivity index is 2.36. The number of rotatable bonds is 4. The Hall–Kier alpha value is -1.29. The number of hydrogen-bond donors (Lipinski definition) is 0. The fraction of sp³-hybridized carbons (Fsp3) is 0.308. The molecule has 0 unspecified atom stereocenters. The van der Waals surface area contributed by atoms with Gasteiger partial charge in [-0.2, -0.15) is 5.10 Å². The van der Waals surface area contributed by atoms with Gasteiger partial charge in [0.05, 0.1) is 11.8 Å². The van der Waals surface area contributed by atoms with Crippen LogP contribution in [0.3, 0.4) is 0 Å². The standard InChI is InChI=1S/C13H15BrN2O/c1-10(2)17-13-6-4-3-5-12(13)16-8-7-11(9-14)15-16/h3-8,10H,9H2,1-2H3. The highest BCUT2D eigenvalue weighted by Gasteiger charge is 2.08. The second-order valence-electron chi connectivity index (χ2n) is 4.02. The Morgan fingerprint density at radius 2 is 2.06 bits per heavy atom. The third kappa shape index (κ3) is 2.88. The maximum Gasteiger partial charge on any atom is 0.145 e. The molecule has 90 valence electrons. The topological polar surface area (TPSA) is 27.1 Å². The maximum absolute atomic E-state index is 5.77. The van der Waals surface area contributed by atoms with E-state index in [-0.39, 0.29) is 6.10 Å². The van der Waals surface area contributed by atoms with Gasteiger partial charge in [-0.05, 0) is 32.0 Å². The van der Waals surface area contributed by atoms with Gasteiger partial charge in [0.15, 0.2) is 0 Å². The molecule has 0 radical (unpaired) electrons. The number of benzene rings is 1. The van der Waals surface area contributed by atoms with Crippen LogP contribution in [0.15, 0.2) is 36.5 Å². The Morgan fingerprint density at radius 3 is 2.71 bits per heavy atom. The van der Waals surface area contributed by atoms with Crippen LogP contribution in [0.5, 0.6) is 5.75 Å². The lowest BCUT2D eigenvalue weighted by atomic mass is 10.3. The normalized spacial score (nSPS) is 10.8. The first-order valence-electron chi connectivity index (χ1n) is 5.57. The fourth-order valence-electron chi connectivity index (χ4n) is 1.57. The van der Waals surface area contributed by atoms with E-state index in [2.05, 4.69) is 21.0 Å². The minimum atomic E-state index is 0.155. The van der Waals surface area contributed by atoms with Crippen LogP contribution in [0.25, 0.3) is 5.69 Å². The molecule has 1 aromatic heterocycles. The third-order valence-corrected chi connectivity index (χ3v) is 2.83. The van der Waals surface area contributed by atoms with Gasteiger partial charge < -0.3 is 4.74 Å². The van der Waals surface area contributed by atoms with E-state index in [9.17, 15) is 0 Å². The molecule has 0 aliphatic heterocycles. The molecule has 0 atom stereocenters. The summed E-state index contributed by atoms with van der Waals surface area (Å²) in [5, 5.41) is 5.21. The maximum atomic E-state index is 5.77. The van der Waals surface area contributed by atoms with Crippen molar-refractivity contribution >= 4 is 15.9 Å². The number of para-hydroxylation sites is 2. The molecule has 0 amide bonds. The monoisotopic (exact) mass is 294 g/mol. The smallest absolute Gasteiger partial charge is 0.145 e. The first kappa shape index (κ1) is 12.2. The molecule has 0 spiro atoms. The zero-order valence-electron chi connectivity index (χ0n) is 9.93. The van der Waals surface area contributed by atoms with Gasteiger partial charge in [-0.1, -0.05) is 28.1 Å². The molecule has 1 aromatic carbocycles. The van der Waals surface area contributed by atoms with E-state index in [1.54, 1.807) is 0 Å². The zero-order chi connectivity index (χ0) is 12.3. The van der Waals surface area contributed by atoms with Crippen LogP contribution >= 0.6 is 15.9 Å². The molecule has 17 heavy (non-hydrogen) atoms. The Labute approximate surface area is 110 Å². The lowest BCUT2D eigenvalue weighted by Gasteiger charge is -2.13. The summed E-state index contributed by atoms with van der Waals surface area (Å²) in [6, 6.07) is 9.91. The third-order valence-electron chi connectivity index (χ3n) is 2.26. The van der Waals surface area contributed by atoms with Crippen molar-refractivity contribution in [2.45, 2.75) is 25.3 Å². The van der Waals surface area contributed by atoms with E-state index in [1.807, 2.05) is 55.1 Å². The Kier molecular flexibility index (Phi) is 3.84. The molecule has 0 bridgehead atoms. The van der Waals surface area contributed by atoms with Crippen LogP contribution in [-0.2, 0) is 5.33 Å². The summed E-state index contributed by atoms with van der Waals surface area (Å²) in [5.74, 6) is 0.853. The Bertz CT molecular complexity index is 494. The lowest BCUT2D eigenvalue weighted by molar-refractivity contribution is 0.241. The van der Waals surface area contributed by atoms with E-state index in [0.29, 0.717) is 0 Å². The number of nitrogens with zero attached hydrogens (tertiary/aromatic N) is 2. The highest BCUT2D eigenvalue weighted by atomic mass is 79.9. The summed E-state index contributed by atoms with van der Waals surface area (Å²) in [6.45, 7) is 4.04. The van der Waals surface area contributed by atoms with Crippen molar-refractivity contribution in [3.05, 3.63) is 42.2 Å². The van der Waals surface area contributed by atoms with Crippen molar-refractivity contribution in [2.24, 2.45) is 0 Å². The number of halogens is 1. The molecule has 0 N–H and O–H groups in total. The molecule has 0 aliphatic rings. The van der Waals surface area contributed by atoms with Crippen LogP contribution in [0.2, 0.25) is 0 Å². The molecule has 3 nitrogen and oxygen atoms in total. The molecule has 0 saturated carbocycles. The zero-order valence-corrected chi connectivity index (χ0v) is 11.5. The molecule has 1 heterocycles. The average Bonchev–Trinajstić information content (AvgIpc) is 2.77. The number of alkyl halides is 1. The molecule has 0 fully saturated rings. The van der Waals surface area contributed by atoms with Crippen molar-refractivity contribution in [2.75, 3.05) is 0 Å². The van der Waals surface area contributed by atoms with Crippen molar-refractivity contribution in [1.29, 1.82) is 0 Å². The molecule has 0 saturated heterocycles. The highest BCUT2D eigenvalue weighted by molar-refractivity contribution is 9.08. The van der Waals surface area contributed by atoms with Crippen LogP contribution in [0.4, 0.5) is 0 Å². The van der Waals surface area contributed by atoms with Crippen molar-refractivity contribution in [1.82, 2.24) is 9.78 Å². The van der Waals surface area contributed by atoms with Crippen LogP contribution in [-0.4, -0.2) is 15.9 Å². The second-order valence-corrected chi connectivity index (χ2v) is 4.58. The summed E-state index contributed by atoms with van der Waals surface area (Å²) in [6.07, 6.45) is 2.10. The van der Waals surface area contributed by atoms with Gasteiger partial charge in [-0.3, -0.25) is 0 Å². The summed E-state index contributed by atoms with van der Waals surface area (Å²) >= 11 is 3.40. The fourth-order valence-corrected chi connectivity index (χ4v) is 1.87. The molecule has 4 heteroatoms. The number of hydrogen-bond acceptors (Lipinski definition) is 2. The molecule has 2 rings (SSSR count). The largest absolute Gasteiger partial charge is 0.489 e. The number of aromatic nitrogens is 2. The van der Waals surface area contributed by atoms with E-state index in [1.165, 1.54) is 0 Å². The summed E-state index contributed by atoms with van der Waals surface area (Å²) < 4.78 is 7.61. The molecular weight excluding hydrogens is 280 g/mol. The van der Waals surface area contributed by atoms with Gasteiger partial charge in [0, 0.05) is 11.5 Å². The van der Waals surface area contributed by atoms with Gasteiger partial charge in [-0.15, -0.1) is 0 Å². The minimum absolute atomic E-state index is 0.155. The van der Waals surface area contributed by atoms with Gasteiger partial charge >= 0.3 is 0 Å². The van der Waals surface area contributed by atoms with Crippen LogP contribution in [0.1, 0.15) is 19.5 Å². The molecule has 2 aromatic rings. The van der Waals surface area contributed by atoms with Gasteiger partial charge in [0.25, 0.3) is 0 Å². The van der Waals surface area contributed by atoms with E-state index in [4.69, 9.17) is 4.74 Å². The minimum Gasteiger partial charge on any atom is -0.489 e. The van der Waals surface area contributed by atoms with Crippen LogP contribution < -0.4 is 4.74 Å². The first-order chi connectivity index (χ1) is 8.20. The van der Waals surface area contributed by atoms with Crippen LogP contribution in [0, 0.1) is 0 Å². The molecular formula is C13H15BrN2O. The predicted octanol–water partition coefficient (Wildman–Crippen LogP) is 3.55. The average molecular weight is 295 g/mol. The summed E-state index contributed by atoms with van der Waals surface area (Å²) in [5.41, 5.74) is 1.97. The van der Waals surface area contributed by atoms with E-state index < -0.39 is 0 Å². The lowest BCUT2D eigenvalue weighted by Crippen LogP contribution is -2.08. The predicted molar refractivity (Wildman–Crippen MR) is 72.0 cm³/mol. The summed E-state index contributed by atoms with van der Waals surface area (Å²) in [4.78, 5) is 0. The highest BCUT2D eigenvalue weighted by Crippen LogP contribution is 2.23. The van der Waals surface area contributed by atoms with Crippen molar-refractivity contribution in [3.63, 3.8) is 0 Å². The van der Waals surface area contributed by atoms with E-state index in [0.717, 1.165) is 22.5 Å². The van der Waals surface area contributed by atoms with Crippen molar-refractivity contribution < 1.29 is 4.74 Å². The van der Waals surface area contributed by atoms with Gasteiger partial charge in [0.1, 0.15) is 11.4 Å². The quantitative estimate of drug-likeness (QED) is 0.806. The van der Waals surface area contributed by atoms with Crippen molar-refractivity contribution in [3.8, 4) is 11.4 Å². The van der Waals surface area contributed by atoms with E-state index >= 15 is 0 Å². The Morgan fingerprint density at radius 1 is 1.29 bits per heavy atom. The first-order valence-corrected chi connectivity index (χ1v) is 6.69. The van der Waals surface area contributed by atoms with Gasteiger partial charge in [0.2, 0.25) is 0 Å². The number of ether oxygens (including phenoxy) is 1. The van der Waals surface area contributed by atoms with Gasteiger partial charge in [-0.25, -0.2) is 4.68 Å². The molecule has 0 aliphatic carbocycles. The summed E-state index contributed by atoms with van der Waals surface area (Å²) in [7, 11) is 0. The second kappa shape index (κ2) is 5.36. The SMILES string of the molecule is CC(C)Oc1ccccc1-n1ccc(CBr)n1.